The number of aromatic nitrogens is 3. The Morgan fingerprint density at radius 1 is 1.30 bits per heavy atom. The zero-order chi connectivity index (χ0) is 14.7. The highest BCUT2D eigenvalue weighted by Crippen LogP contribution is 2.25. The molecule has 0 aliphatic carbocycles. The van der Waals surface area contributed by atoms with Gasteiger partial charge in [-0.3, -0.25) is 5.10 Å². The molecule has 0 unspecified atom stereocenters. The first-order valence-electron chi connectivity index (χ1n) is 6.95. The molecule has 0 amide bonds. The first kappa shape index (κ1) is 14.8. The fourth-order valence-corrected chi connectivity index (χ4v) is 2.42. The van der Waals surface area contributed by atoms with Gasteiger partial charge in [0, 0.05) is 6.54 Å². The van der Waals surface area contributed by atoms with Crippen LogP contribution in [0.2, 0.25) is 0 Å². The van der Waals surface area contributed by atoms with Gasteiger partial charge in [0.1, 0.15) is 5.75 Å². The molecule has 1 aromatic heterocycles. The number of H-pyrrole nitrogens is 1. The topological polar surface area (TPSA) is 42.8 Å². The molecule has 0 saturated heterocycles. The standard InChI is InChI=1S/C15H21N3OS/c1-5-13(14-16-17-15(20)18(14)6-2)19-12-8-7-10(3)11(4)9-12/h7-9,13H,5-6H2,1-4H3,(H,17,20)/t13-/m1/s1. The minimum atomic E-state index is -0.0926. The van der Waals surface area contributed by atoms with Gasteiger partial charge in [-0.1, -0.05) is 13.0 Å². The Morgan fingerprint density at radius 2 is 2.05 bits per heavy atom. The lowest BCUT2D eigenvalue weighted by Gasteiger charge is -2.18. The van der Waals surface area contributed by atoms with E-state index in [2.05, 4.69) is 50.0 Å². The van der Waals surface area contributed by atoms with Gasteiger partial charge in [0.25, 0.3) is 0 Å². The maximum atomic E-state index is 6.09. The van der Waals surface area contributed by atoms with Crippen molar-refractivity contribution in [1.82, 2.24) is 14.8 Å². The van der Waals surface area contributed by atoms with E-state index < -0.39 is 0 Å². The lowest BCUT2D eigenvalue weighted by atomic mass is 10.1. The predicted octanol–water partition coefficient (Wildman–Crippen LogP) is 4.11. The van der Waals surface area contributed by atoms with Gasteiger partial charge in [0.15, 0.2) is 16.7 Å². The SMILES string of the molecule is CC[C@@H](Oc1ccc(C)c(C)c1)c1n[nH]c(=S)n1CC. The summed E-state index contributed by atoms with van der Waals surface area (Å²) in [5.41, 5.74) is 2.49. The van der Waals surface area contributed by atoms with Crippen LogP contribution in [0.3, 0.4) is 0 Å². The van der Waals surface area contributed by atoms with Crippen molar-refractivity contribution < 1.29 is 4.74 Å². The van der Waals surface area contributed by atoms with E-state index in [1.807, 2.05) is 10.6 Å². The summed E-state index contributed by atoms with van der Waals surface area (Å²) >= 11 is 5.23. The van der Waals surface area contributed by atoms with Crippen LogP contribution in [0.1, 0.15) is 43.3 Å². The summed E-state index contributed by atoms with van der Waals surface area (Å²) in [6, 6.07) is 6.15. The monoisotopic (exact) mass is 291 g/mol. The first-order chi connectivity index (χ1) is 9.56. The summed E-state index contributed by atoms with van der Waals surface area (Å²) in [4.78, 5) is 0. The van der Waals surface area contributed by atoms with Crippen LogP contribution < -0.4 is 4.74 Å². The van der Waals surface area contributed by atoms with Crippen molar-refractivity contribution in [3.63, 3.8) is 0 Å². The average Bonchev–Trinajstić information content (AvgIpc) is 2.81. The van der Waals surface area contributed by atoms with Crippen molar-refractivity contribution >= 4 is 12.2 Å². The third-order valence-corrected chi connectivity index (χ3v) is 3.83. The van der Waals surface area contributed by atoms with Gasteiger partial charge in [0.05, 0.1) is 0 Å². The molecule has 2 aromatic rings. The Bertz CT molecular complexity index is 645. The van der Waals surface area contributed by atoms with Gasteiger partial charge >= 0.3 is 0 Å². The smallest absolute Gasteiger partial charge is 0.195 e. The highest BCUT2D eigenvalue weighted by molar-refractivity contribution is 7.71. The van der Waals surface area contributed by atoms with Crippen molar-refractivity contribution in [2.75, 3.05) is 0 Å². The molecule has 0 aliphatic heterocycles. The first-order valence-corrected chi connectivity index (χ1v) is 7.36. The maximum absolute atomic E-state index is 6.09. The molecule has 1 N–H and O–H groups in total. The molecule has 5 heteroatoms. The predicted molar refractivity (Wildman–Crippen MR) is 82.7 cm³/mol. The highest BCUT2D eigenvalue weighted by Gasteiger charge is 2.18. The van der Waals surface area contributed by atoms with Gasteiger partial charge in [-0.05, 0) is 62.7 Å². The van der Waals surface area contributed by atoms with E-state index in [9.17, 15) is 0 Å². The molecule has 20 heavy (non-hydrogen) atoms. The van der Waals surface area contributed by atoms with Crippen molar-refractivity contribution in [3.8, 4) is 5.75 Å². The molecule has 1 aromatic carbocycles. The maximum Gasteiger partial charge on any atom is 0.195 e. The van der Waals surface area contributed by atoms with Crippen LogP contribution in [0.15, 0.2) is 18.2 Å². The quantitative estimate of drug-likeness (QED) is 0.843. The third kappa shape index (κ3) is 2.93. The molecule has 0 spiro atoms. The zero-order valence-electron chi connectivity index (χ0n) is 12.4. The minimum absolute atomic E-state index is 0.0926. The van der Waals surface area contributed by atoms with Gasteiger partial charge < -0.3 is 9.30 Å². The highest BCUT2D eigenvalue weighted by atomic mass is 32.1. The summed E-state index contributed by atoms with van der Waals surface area (Å²) in [7, 11) is 0. The van der Waals surface area contributed by atoms with Crippen LogP contribution in [0.25, 0.3) is 0 Å². The van der Waals surface area contributed by atoms with E-state index in [1.165, 1.54) is 11.1 Å². The Balaban J connectivity index is 2.28. The second kappa shape index (κ2) is 6.22. The van der Waals surface area contributed by atoms with Crippen molar-refractivity contribution in [2.24, 2.45) is 0 Å². The van der Waals surface area contributed by atoms with E-state index in [1.54, 1.807) is 0 Å². The van der Waals surface area contributed by atoms with Gasteiger partial charge in [-0.15, -0.1) is 0 Å². The van der Waals surface area contributed by atoms with Crippen LogP contribution in [-0.2, 0) is 6.54 Å². The van der Waals surface area contributed by atoms with Crippen molar-refractivity contribution in [3.05, 3.63) is 39.9 Å². The summed E-state index contributed by atoms with van der Waals surface area (Å²) in [6.45, 7) is 9.11. The van der Waals surface area contributed by atoms with Gasteiger partial charge in [-0.2, -0.15) is 5.10 Å². The van der Waals surface area contributed by atoms with Crippen LogP contribution >= 0.6 is 12.2 Å². The van der Waals surface area contributed by atoms with E-state index in [0.29, 0.717) is 4.77 Å². The summed E-state index contributed by atoms with van der Waals surface area (Å²) < 4.78 is 8.71. The normalized spacial score (nSPS) is 12.4. The zero-order valence-corrected chi connectivity index (χ0v) is 13.3. The molecular weight excluding hydrogens is 270 g/mol. The number of aromatic amines is 1. The van der Waals surface area contributed by atoms with Crippen molar-refractivity contribution in [2.45, 2.75) is 46.8 Å². The van der Waals surface area contributed by atoms with Crippen LogP contribution in [0.4, 0.5) is 0 Å². The number of nitrogens with one attached hydrogen (secondary N) is 1. The van der Waals surface area contributed by atoms with Gasteiger partial charge in [-0.25, -0.2) is 0 Å². The minimum Gasteiger partial charge on any atom is -0.482 e. The van der Waals surface area contributed by atoms with Crippen LogP contribution in [0, 0.1) is 18.6 Å². The van der Waals surface area contributed by atoms with Crippen molar-refractivity contribution in [1.29, 1.82) is 0 Å². The molecule has 1 atom stereocenters. The molecule has 0 saturated carbocycles. The number of aryl methyl sites for hydroxylation is 2. The number of hydrogen-bond donors (Lipinski definition) is 1. The summed E-state index contributed by atoms with van der Waals surface area (Å²) in [6.07, 6.45) is 0.747. The molecule has 108 valence electrons. The number of nitrogens with zero attached hydrogens (tertiary/aromatic N) is 2. The third-order valence-electron chi connectivity index (χ3n) is 3.52. The van der Waals surface area contributed by atoms with E-state index >= 15 is 0 Å². The molecule has 0 radical (unpaired) electrons. The summed E-state index contributed by atoms with van der Waals surface area (Å²) in [5.74, 6) is 1.73. The second-order valence-corrected chi connectivity index (χ2v) is 5.28. The summed E-state index contributed by atoms with van der Waals surface area (Å²) in [5, 5.41) is 7.16. The fourth-order valence-electron chi connectivity index (χ4n) is 2.15. The van der Waals surface area contributed by atoms with Crippen LogP contribution in [-0.4, -0.2) is 14.8 Å². The molecule has 0 aliphatic rings. The molecule has 2 rings (SSSR count). The number of hydrogen-bond acceptors (Lipinski definition) is 3. The largest absolute Gasteiger partial charge is 0.482 e. The fraction of sp³-hybridized carbons (Fsp3) is 0.467. The second-order valence-electron chi connectivity index (χ2n) is 4.89. The molecule has 0 bridgehead atoms. The number of ether oxygens (including phenoxy) is 1. The molecule has 1 heterocycles. The number of benzene rings is 1. The Labute approximate surface area is 124 Å². The Hall–Kier alpha value is -1.62. The molecule has 0 fully saturated rings. The van der Waals surface area contributed by atoms with E-state index in [0.717, 1.165) is 24.5 Å². The average molecular weight is 291 g/mol. The lowest BCUT2D eigenvalue weighted by molar-refractivity contribution is 0.185. The molecular formula is C15H21N3OS. The van der Waals surface area contributed by atoms with Crippen LogP contribution in [0.5, 0.6) is 5.75 Å². The Morgan fingerprint density at radius 3 is 2.65 bits per heavy atom. The number of rotatable bonds is 5. The lowest BCUT2D eigenvalue weighted by Crippen LogP contribution is -2.13. The van der Waals surface area contributed by atoms with Gasteiger partial charge in [0.2, 0.25) is 0 Å². The van der Waals surface area contributed by atoms with E-state index in [-0.39, 0.29) is 6.10 Å². The van der Waals surface area contributed by atoms with E-state index in [4.69, 9.17) is 17.0 Å². The Kier molecular flexibility index (Phi) is 4.60. The molecule has 4 nitrogen and oxygen atoms in total.